The quantitative estimate of drug-likeness (QED) is 0.207. The van der Waals surface area contributed by atoms with E-state index in [0.717, 1.165) is 32.8 Å². The molecule has 0 atom stereocenters. The van der Waals surface area contributed by atoms with Crippen molar-refractivity contribution in [2.45, 2.75) is 0 Å². The maximum Gasteiger partial charge on any atom is 0.144 e. The molecule has 0 aliphatic carbocycles. The highest BCUT2D eigenvalue weighted by atomic mass is 16.6. The summed E-state index contributed by atoms with van der Waals surface area (Å²) in [5, 5.41) is 49.4. The van der Waals surface area contributed by atoms with Gasteiger partial charge in [-0.15, -0.1) is 0 Å². The number of nitrogens with zero attached hydrogens (tertiary/aromatic N) is 7. The summed E-state index contributed by atoms with van der Waals surface area (Å²) in [5.41, 5.74) is 7.31. The first-order chi connectivity index (χ1) is 21.1. The topological polar surface area (TPSA) is 147 Å². The van der Waals surface area contributed by atoms with Crippen LogP contribution in [0, 0.1) is 45.3 Å². The van der Waals surface area contributed by atoms with E-state index in [0.29, 0.717) is 38.9 Å². The molecule has 0 bridgehead atoms. The fourth-order valence-corrected chi connectivity index (χ4v) is 5.53. The highest BCUT2D eigenvalue weighted by molar-refractivity contribution is 6.23. The highest BCUT2D eigenvalue weighted by Gasteiger charge is 2.21. The van der Waals surface area contributed by atoms with Gasteiger partial charge in [0.15, 0.2) is 0 Å². The summed E-state index contributed by atoms with van der Waals surface area (Å²) in [6.45, 7) is 0. The third-order valence-corrected chi connectivity index (χ3v) is 7.46. The van der Waals surface area contributed by atoms with Gasteiger partial charge in [0.1, 0.15) is 11.0 Å². The average molecular weight is 550 g/mol. The monoisotopic (exact) mass is 549 g/mol. The van der Waals surface area contributed by atoms with E-state index >= 15 is 0 Å². The summed E-state index contributed by atoms with van der Waals surface area (Å²) in [7, 11) is 0. The molecule has 43 heavy (non-hydrogen) atoms. The molecule has 7 rings (SSSR count). The maximum atomic E-state index is 9.89. The molecule has 0 saturated carbocycles. The number of rotatable bonds is 3. The van der Waals surface area contributed by atoms with Gasteiger partial charge in [-0.3, -0.25) is 0 Å². The molecule has 0 fully saturated rings. The second kappa shape index (κ2) is 9.95. The Morgan fingerprint density at radius 1 is 0.558 bits per heavy atom. The Morgan fingerprint density at radius 3 is 1.91 bits per heavy atom. The lowest BCUT2D eigenvalue weighted by atomic mass is 9.90. The van der Waals surface area contributed by atoms with Gasteiger partial charge in [-0.25, -0.2) is 9.61 Å². The van der Waals surface area contributed by atoms with E-state index in [-0.39, 0.29) is 16.7 Å². The first-order valence-electron chi connectivity index (χ1n) is 13.1. The molecule has 0 radical (unpaired) electrons. The highest BCUT2D eigenvalue weighted by Crippen LogP contribution is 2.41. The molecule has 8 heteroatoms. The van der Waals surface area contributed by atoms with Crippen molar-refractivity contribution in [2.24, 2.45) is 0 Å². The Balaban J connectivity index is 1.58. The van der Waals surface area contributed by atoms with Crippen LogP contribution in [0.4, 0.5) is 0 Å². The fraction of sp³-hybridized carbons (Fsp3) is 0. The van der Waals surface area contributed by atoms with Crippen molar-refractivity contribution in [1.82, 2.24) is 15.3 Å². The van der Waals surface area contributed by atoms with Crippen LogP contribution in [0.2, 0.25) is 0 Å². The second-order valence-electron chi connectivity index (χ2n) is 9.84. The SMILES string of the molecule is N#Cc1ccc(-c2cc3c(-c4ccccc4)nc4cc(-c5c(C#N)cc(C#N)cc5C#N)ccc4c3c3nonc23)cc1. The van der Waals surface area contributed by atoms with Gasteiger partial charge in [0.25, 0.3) is 0 Å². The van der Waals surface area contributed by atoms with E-state index in [2.05, 4.69) is 28.5 Å². The minimum absolute atomic E-state index is 0.231. The summed E-state index contributed by atoms with van der Waals surface area (Å²) in [5.74, 6) is 0. The number of hydrogen-bond acceptors (Lipinski definition) is 8. The van der Waals surface area contributed by atoms with Crippen LogP contribution in [0.25, 0.3) is 66.2 Å². The molecule has 0 unspecified atom stereocenters. The summed E-state index contributed by atoms with van der Waals surface area (Å²) in [4.78, 5) is 5.12. The molecule has 196 valence electrons. The van der Waals surface area contributed by atoms with Crippen LogP contribution in [-0.4, -0.2) is 15.3 Å². The zero-order valence-electron chi connectivity index (χ0n) is 22.2. The molecule has 0 spiro atoms. The molecule has 2 heterocycles. The second-order valence-corrected chi connectivity index (χ2v) is 9.84. The van der Waals surface area contributed by atoms with E-state index < -0.39 is 0 Å². The van der Waals surface area contributed by atoms with E-state index in [4.69, 9.17) is 9.61 Å². The molecule has 0 saturated heterocycles. The van der Waals surface area contributed by atoms with Gasteiger partial charge in [0, 0.05) is 32.8 Å². The van der Waals surface area contributed by atoms with Gasteiger partial charge in [-0.1, -0.05) is 54.6 Å². The summed E-state index contributed by atoms with van der Waals surface area (Å²) in [6.07, 6.45) is 0. The summed E-state index contributed by atoms with van der Waals surface area (Å²) < 4.78 is 5.28. The lowest BCUT2D eigenvalue weighted by Crippen LogP contribution is -1.95. The van der Waals surface area contributed by atoms with Crippen molar-refractivity contribution in [3.63, 3.8) is 0 Å². The Hall–Kier alpha value is -6.87. The molecule has 8 nitrogen and oxygen atoms in total. The lowest BCUT2D eigenvalue weighted by Gasteiger charge is -2.14. The van der Waals surface area contributed by atoms with Crippen LogP contribution in [-0.2, 0) is 0 Å². The largest absolute Gasteiger partial charge is 0.247 e. The zero-order valence-corrected chi connectivity index (χ0v) is 22.2. The smallest absolute Gasteiger partial charge is 0.144 e. The normalized spacial score (nSPS) is 10.7. The van der Waals surface area contributed by atoms with Crippen molar-refractivity contribution in [3.8, 4) is 57.8 Å². The van der Waals surface area contributed by atoms with Crippen LogP contribution in [0.1, 0.15) is 22.3 Å². The fourth-order valence-electron chi connectivity index (χ4n) is 5.53. The molecule has 2 aromatic heterocycles. The van der Waals surface area contributed by atoms with Crippen molar-refractivity contribution < 1.29 is 4.63 Å². The molecule has 7 aromatic rings. The number of hydrogen-bond donors (Lipinski definition) is 0. The third kappa shape index (κ3) is 4.00. The van der Waals surface area contributed by atoms with Crippen molar-refractivity contribution in [2.75, 3.05) is 0 Å². The van der Waals surface area contributed by atoms with Crippen molar-refractivity contribution in [3.05, 3.63) is 113 Å². The van der Waals surface area contributed by atoms with Crippen LogP contribution >= 0.6 is 0 Å². The van der Waals surface area contributed by atoms with Gasteiger partial charge in [-0.05, 0) is 57.8 Å². The predicted octanol–water partition coefficient (Wildman–Crippen LogP) is 7.41. The average Bonchev–Trinajstić information content (AvgIpc) is 3.57. The van der Waals surface area contributed by atoms with Gasteiger partial charge in [-0.2, -0.15) is 21.0 Å². The maximum absolute atomic E-state index is 9.89. The molecule has 0 amide bonds. The number of fused-ring (bicyclic) bond motifs is 5. The van der Waals surface area contributed by atoms with Crippen LogP contribution < -0.4 is 0 Å². The number of nitriles is 4. The van der Waals surface area contributed by atoms with Gasteiger partial charge in [0.05, 0.1) is 57.7 Å². The Morgan fingerprint density at radius 2 is 1.23 bits per heavy atom. The molecule has 0 aliphatic rings. The molecule has 0 N–H and O–H groups in total. The van der Waals surface area contributed by atoms with E-state index in [1.807, 2.05) is 72.8 Å². The van der Waals surface area contributed by atoms with Crippen molar-refractivity contribution >= 4 is 32.7 Å². The summed E-state index contributed by atoms with van der Waals surface area (Å²) >= 11 is 0. The number of pyridine rings is 1. The Kier molecular flexibility index (Phi) is 5.81. The van der Waals surface area contributed by atoms with Crippen molar-refractivity contribution in [1.29, 1.82) is 21.0 Å². The minimum Gasteiger partial charge on any atom is -0.247 e. The Labute approximate surface area is 244 Å². The first kappa shape index (κ1) is 25.1. The predicted molar refractivity (Wildman–Crippen MR) is 160 cm³/mol. The molecular formula is C35H15N7O. The van der Waals surface area contributed by atoms with E-state index in [1.165, 1.54) is 12.1 Å². The van der Waals surface area contributed by atoms with Crippen LogP contribution in [0.15, 0.2) is 95.6 Å². The van der Waals surface area contributed by atoms with Crippen LogP contribution in [0.5, 0.6) is 0 Å². The standard InChI is InChI=1S/C35H15N7O/c36-16-20-6-8-22(9-7-20)28-15-29-32(35-34(28)41-43-42-35)27-11-10-24(14-30(27)40-33(29)23-4-2-1-3-5-23)31-25(18-38)12-21(17-37)13-26(31)19-39/h1-15H. The molecule has 0 aliphatic heterocycles. The summed E-state index contributed by atoms with van der Waals surface area (Å²) in [6, 6.07) is 36.0. The lowest BCUT2D eigenvalue weighted by molar-refractivity contribution is 0.316. The minimum atomic E-state index is 0.231. The van der Waals surface area contributed by atoms with Gasteiger partial charge < -0.3 is 0 Å². The van der Waals surface area contributed by atoms with Gasteiger partial charge in [0.2, 0.25) is 0 Å². The number of aromatic nitrogens is 3. The van der Waals surface area contributed by atoms with E-state index in [1.54, 1.807) is 12.1 Å². The van der Waals surface area contributed by atoms with Crippen LogP contribution in [0.3, 0.4) is 0 Å². The van der Waals surface area contributed by atoms with Gasteiger partial charge >= 0.3 is 0 Å². The van der Waals surface area contributed by atoms with E-state index in [9.17, 15) is 21.0 Å². The third-order valence-electron chi connectivity index (χ3n) is 7.46. The zero-order chi connectivity index (χ0) is 29.5. The molecular weight excluding hydrogens is 534 g/mol. The molecule has 5 aromatic carbocycles. The first-order valence-corrected chi connectivity index (χ1v) is 13.1. The number of benzene rings is 5. The Bertz CT molecular complexity index is 2400.